The minimum atomic E-state index is 0.720. The molecule has 0 spiro atoms. The molecular formula is C15H14Cl2N2. The minimum absolute atomic E-state index is 0.720. The molecule has 0 aromatic heterocycles. The molecule has 2 aromatic rings. The van der Waals surface area contributed by atoms with Crippen LogP contribution in [-0.2, 0) is 0 Å². The van der Waals surface area contributed by atoms with Crippen molar-refractivity contribution in [1.29, 1.82) is 0 Å². The summed E-state index contributed by atoms with van der Waals surface area (Å²) in [5, 5.41) is 4.60. The first-order valence-electron chi connectivity index (χ1n) is 5.87. The molecule has 0 aliphatic carbocycles. The molecule has 2 rings (SSSR count). The third-order valence-electron chi connectivity index (χ3n) is 2.77. The maximum absolute atomic E-state index is 5.91. The summed E-state index contributed by atoms with van der Waals surface area (Å²) in [6.45, 7) is 3.97. The average molecular weight is 293 g/mol. The number of rotatable bonds is 3. The molecule has 19 heavy (non-hydrogen) atoms. The molecule has 0 fully saturated rings. The first-order valence-corrected chi connectivity index (χ1v) is 6.63. The molecule has 2 aromatic carbocycles. The Morgan fingerprint density at radius 2 is 1.58 bits per heavy atom. The molecule has 0 saturated carbocycles. The highest BCUT2D eigenvalue weighted by Crippen LogP contribution is 2.22. The topological polar surface area (TPSA) is 24.4 Å². The summed E-state index contributed by atoms with van der Waals surface area (Å²) >= 11 is 11.8. The number of hydrogen-bond acceptors (Lipinski definition) is 1. The van der Waals surface area contributed by atoms with Crippen LogP contribution in [0.1, 0.15) is 11.1 Å². The second kappa shape index (κ2) is 6.09. The lowest BCUT2D eigenvalue weighted by Crippen LogP contribution is -1.96. The van der Waals surface area contributed by atoms with Gasteiger partial charge in [0, 0.05) is 15.7 Å². The van der Waals surface area contributed by atoms with Crippen molar-refractivity contribution < 1.29 is 0 Å². The van der Waals surface area contributed by atoms with E-state index < -0.39 is 0 Å². The largest absolute Gasteiger partial charge is 0.346 e. The van der Waals surface area contributed by atoms with Gasteiger partial charge in [-0.3, -0.25) is 0 Å². The van der Waals surface area contributed by atoms with Gasteiger partial charge in [0.05, 0.1) is 12.0 Å². The van der Waals surface area contributed by atoms with Gasteiger partial charge in [0.15, 0.2) is 0 Å². The number of halogens is 2. The average Bonchev–Trinajstić information content (AvgIpc) is 2.34. The van der Waals surface area contributed by atoms with E-state index >= 15 is 0 Å². The monoisotopic (exact) mass is 292 g/mol. The Bertz CT molecular complexity index is 622. The summed E-state index contributed by atoms with van der Waals surface area (Å²) in [5.41, 5.74) is 3.99. The smallest absolute Gasteiger partial charge is 0.0930 e. The highest BCUT2D eigenvalue weighted by molar-refractivity contribution is 6.31. The van der Waals surface area contributed by atoms with Gasteiger partial charge in [-0.15, -0.1) is 0 Å². The van der Waals surface area contributed by atoms with Gasteiger partial charge in [0.2, 0.25) is 0 Å². The zero-order chi connectivity index (χ0) is 13.8. The SMILES string of the molecule is Cc1cc(Cl)ccc1N=CNc1ccc(Cl)cc1C. The van der Waals surface area contributed by atoms with Crippen molar-refractivity contribution in [1.82, 2.24) is 0 Å². The van der Waals surface area contributed by atoms with E-state index in [0.717, 1.165) is 32.5 Å². The highest BCUT2D eigenvalue weighted by atomic mass is 35.5. The summed E-state index contributed by atoms with van der Waals surface area (Å²) in [6, 6.07) is 11.3. The Hall–Kier alpha value is -1.51. The van der Waals surface area contributed by atoms with Crippen molar-refractivity contribution in [2.24, 2.45) is 4.99 Å². The molecule has 4 heteroatoms. The van der Waals surface area contributed by atoms with Gasteiger partial charge in [-0.05, 0) is 61.4 Å². The molecule has 2 nitrogen and oxygen atoms in total. The summed E-state index contributed by atoms with van der Waals surface area (Å²) < 4.78 is 0. The Morgan fingerprint density at radius 3 is 2.21 bits per heavy atom. The number of nitrogens with one attached hydrogen (secondary N) is 1. The number of anilines is 1. The van der Waals surface area contributed by atoms with Crippen LogP contribution in [0.3, 0.4) is 0 Å². The first-order chi connectivity index (χ1) is 9.06. The molecule has 0 unspecified atom stereocenters. The van der Waals surface area contributed by atoms with Crippen LogP contribution in [0.15, 0.2) is 41.4 Å². The minimum Gasteiger partial charge on any atom is -0.346 e. The molecule has 1 N–H and O–H groups in total. The summed E-state index contributed by atoms with van der Waals surface area (Å²) in [6.07, 6.45) is 1.67. The number of benzene rings is 2. The zero-order valence-corrected chi connectivity index (χ0v) is 12.3. The Balaban J connectivity index is 2.11. The molecule has 0 saturated heterocycles. The number of nitrogens with zero attached hydrogens (tertiary/aromatic N) is 1. The van der Waals surface area contributed by atoms with E-state index in [9.17, 15) is 0 Å². The van der Waals surface area contributed by atoms with E-state index in [1.165, 1.54) is 0 Å². The standard InChI is InChI=1S/C15H14Cl2N2/c1-10-7-12(16)3-5-14(10)18-9-19-15-6-4-13(17)8-11(15)2/h3-9H,1-2H3,(H,18,19). The third kappa shape index (κ3) is 3.72. The normalized spacial score (nSPS) is 10.9. The molecular weight excluding hydrogens is 279 g/mol. The maximum atomic E-state index is 5.91. The molecule has 0 amide bonds. The van der Waals surface area contributed by atoms with Crippen molar-refractivity contribution in [3.8, 4) is 0 Å². The van der Waals surface area contributed by atoms with E-state index in [2.05, 4.69) is 10.3 Å². The van der Waals surface area contributed by atoms with Crippen molar-refractivity contribution in [3.63, 3.8) is 0 Å². The Kier molecular flexibility index (Phi) is 4.46. The van der Waals surface area contributed by atoms with E-state index in [0.29, 0.717) is 0 Å². The summed E-state index contributed by atoms with van der Waals surface area (Å²) in [4.78, 5) is 4.38. The molecule has 0 radical (unpaired) electrons. The molecule has 0 heterocycles. The van der Waals surface area contributed by atoms with E-state index in [1.807, 2.05) is 50.2 Å². The number of aliphatic imine (C=N–C) groups is 1. The van der Waals surface area contributed by atoms with Crippen molar-refractivity contribution in [2.45, 2.75) is 13.8 Å². The van der Waals surface area contributed by atoms with Crippen molar-refractivity contribution in [2.75, 3.05) is 5.32 Å². The van der Waals surface area contributed by atoms with Crippen LogP contribution >= 0.6 is 23.2 Å². The molecule has 0 bridgehead atoms. The fraction of sp³-hybridized carbons (Fsp3) is 0.133. The quantitative estimate of drug-likeness (QED) is 0.596. The fourth-order valence-electron chi connectivity index (χ4n) is 1.72. The second-order valence-corrected chi connectivity index (χ2v) is 5.17. The van der Waals surface area contributed by atoms with Gasteiger partial charge in [-0.2, -0.15) is 0 Å². The predicted molar refractivity (Wildman–Crippen MR) is 84.2 cm³/mol. The highest BCUT2D eigenvalue weighted by Gasteiger charge is 1.98. The third-order valence-corrected chi connectivity index (χ3v) is 3.24. The van der Waals surface area contributed by atoms with Gasteiger partial charge in [-0.1, -0.05) is 23.2 Å². The lowest BCUT2D eigenvalue weighted by Gasteiger charge is -2.05. The van der Waals surface area contributed by atoms with Gasteiger partial charge >= 0.3 is 0 Å². The van der Waals surface area contributed by atoms with Crippen LogP contribution in [0, 0.1) is 13.8 Å². The van der Waals surface area contributed by atoms with E-state index in [1.54, 1.807) is 6.34 Å². The molecule has 0 aliphatic heterocycles. The van der Waals surface area contributed by atoms with Gasteiger partial charge in [0.25, 0.3) is 0 Å². The second-order valence-electron chi connectivity index (χ2n) is 4.29. The van der Waals surface area contributed by atoms with Crippen LogP contribution in [0.4, 0.5) is 11.4 Å². The Labute approximate surface area is 123 Å². The van der Waals surface area contributed by atoms with Gasteiger partial charge in [0.1, 0.15) is 0 Å². The van der Waals surface area contributed by atoms with Crippen LogP contribution in [0.5, 0.6) is 0 Å². The van der Waals surface area contributed by atoms with Gasteiger partial charge < -0.3 is 5.32 Å². The van der Waals surface area contributed by atoms with Crippen LogP contribution in [0.2, 0.25) is 10.0 Å². The lowest BCUT2D eigenvalue weighted by atomic mass is 10.2. The van der Waals surface area contributed by atoms with Crippen LogP contribution in [-0.4, -0.2) is 6.34 Å². The maximum Gasteiger partial charge on any atom is 0.0930 e. The number of aryl methyl sites for hydroxylation is 2. The van der Waals surface area contributed by atoms with Gasteiger partial charge in [-0.25, -0.2) is 4.99 Å². The molecule has 98 valence electrons. The Morgan fingerprint density at radius 1 is 0.947 bits per heavy atom. The molecule has 0 aliphatic rings. The van der Waals surface area contributed by atoms with Crippen molar-refractivity contribution in [3.05, 3.63) is 57.6 Å². The summed E-state index contributed by atoms with van der Waals surface area (Å²) in [5.74, 6) is 0. The van der Waals surface area contributed by atoms with Crippen molar-refractivity contribution >= 4 is 40.9 Å². The van der Waals surface area contributed by atoms with Crippen LogP contribution in [0.25, 0.3) is 0 Å². The van der Waals surface area contributed by atoms with E-state index in [-0.39, 0.29) is 0 Å². The van der Waals surface area contributed by atoms with Crippen LogP contribution < -0.4 is 5.32 Å². The van der Waals surface area contributed by atoms with E-state index in [4.69, 9.17) is 23.2 Å². The lowest BCUT2D eigenvalue weighted by molar-refractivity contribution is 1.40. The summed E-state index contributed by atoms with van der Waals surface area (Å²) in [7, 11) is 0. The fourth-order valence-corrected chi connectivity index (χ4v) is 2.18. The number of hydrogen-bond donors (Lipinski definition) is 1. The predicted octanol–water partition coefficient (Wildman–Crippen LogP) is 5.38. The molecule has 0 atom stereocenters. The zero-order valence-electron chi connectivity index (χ0n) is 10.7. The first kappa shape index (κ1) is 13.9.